The van der Waals surface area contributed by atoms with Crippen molar-refractivity contribution in [3.63, 3.8) is 0 Å². The first-order valence-corrected chi connectivity index (χ1v) is 13.4. The lowest BCUT2D eigenvalue weighted by molar-refractivity contribution is 1.18. The molecule has 32 heavy (non-hydrogen) atoms. The Morgan fingerprint density at radius 2 is 0.906 bits per heavy atom. The fourth-order valence-electron chi connectivity index (χ4n) is 3.20. The minimum absolute atomic E-state index is 0.788. The van der Waals surface area contributed by atoms with Gasteiger partial charge >= 0.3 is 0 Å². The molecule has 4 aromatic carbocycles. The summed E-state index contributed by atoms with van der Waals surface area (Å²) in [6.07, 6.45) is 0. The minimum Gasteiger partial charge on any atom is -0.192 e. The predicted octanol–water partition coefficient (Wildman–Crippen LogP) is 8.44. The second kappa shape index (κ2) is 11.9. The van der Waals surface area contributed by atoms with Gasteiger partial charge in [0.05, 0.1) is 5.56 Å². The van der Waals surface area contributed by atoms with E-state index in [1.807, 2.05) is 30.0 Å². The zero-order valence-corrected chi connectivity index (χ0v) is 20.1. The number of hydrogen-bond donors (Lipinski definition) is 0. The Bertz CT molecular complexity index is 1110. The quantitative estimate of drug-likeness (QED) is 0.229. The number of rotatable bonds is 9. The van der Waals surface area contributed by atoms with Crippen LogP contribution in [0.25, 0.3) is 0 Å². The van der Waals surface area contributed by atoms with Crippen LogP contribution in [0.15, 0.2) is 118 Å². The first kappa shape index (κ1) is 22.6. The lowest BCUT2D eigenvalue weighted by Gasteiger charge is -2.13. The van der Waals surface area contributed by atoms with Crippen molar-refractivity contribution in [2.75, 3.05) is 0 Å². The largest absolute Gasteiger partial charge is 0.192 e. The van der Waals surface area contributed by atoms with E-state index >= 15 is 0 Å². The van der Waals surface area contributed by atoms with Crippen molar-refractivity contribution in [1.29, 1.82) is 5.26 Å². The number of benzene rings is 4. The fourth-order valence-corrected chi connectivity index (χ4v) is 6.39. The second-order valence-corrected chi connectivity index (χ2v) is 10.3. The van der Waals surface area contributed by atoms with Crippen LogP contribution in [0.3, 0.4) is 0 Å². The third kappa shape index (κ3) is 6.46. The molecule has 0 bridgehead atoms. The Hall–Kier alpha value is -2.58. The molecule has 158 valence electrons. The van der Waals surface area contributed by atoms with Crippen molar-refractivity contribution >= 4 is 35.3 Å². The molecule has 0 heterocycles. The van der Waals surface area contributed by atoms with Crippen molar-refractivity contribution in [2.24, 2.45) is 0 Å². The molecule has 4 heteroatoms. The van der Waals surface area contributed by atoms with Gasteiger partial charge in [-0.05, 0) is 28.8 Å². The van der Waals surface area contributed by atoms with E-state index in [0.29, 0.717) is 0 Å². The van der Waals surface area contributed by atoms with Gasteiger partial charge in [0.25, 0.3) is 0 Å². The average Bonchev–Trinajstić information content (AvgIpc) is 2.86. The van der Waals surface area contributed by atoms with Gasteiger partial charge in [0.15, 0.2) is 0 Å². The molecule has 0 aromatic heterocycles. The van der Waals surface area contributed by atoms with Gasteiger partial charge in [-0.15, -0.1) is 35.3 Å². The molecule has 0 saturated heterocycles. The van der Waals surface area contributed by atoms with E-state index < -0.39 is 0 Å². The standard InChI is InChI=1S/C28H23NS3/c29-18-26-27(31-20-23-12-6-2-7-13-23)16-25(30-19-22-10-4-1-5-11-22)17-28(26)32-21-24-14-8-3-9-15-24/h1-17H,19-21H2. The van der Waals surface area contributed by atoms with Gasteiger partial charge < -0.3 is 0 Å². The van der Waals surface area contributed by atoms with Gasteiger partial charge in [0.1, 0.15) is 6.07 Å². The summed E-state index contributed by atoms with van der Waals surface area (Å²) >= 11 is 5.32. The molecule has 0 amide bonds. The normalized spacial score (nSPS) is 10.6. The van der Waals surface area contributed by atoms with E-state index in [0.717, 1.165) is 32.6 Å². The third-order valence-corrected chi connectivity index (χ3v) is 8.14. The number of hydrogen-bond acceptors (Lipinski definition) is 4. The Labute approximate surface area is 203 Å². The van der Waals surface area contributed by atoms with Crippen molar-refractivity contribution in [2.45, 2.75) is 31.9 Å². The van der Waals surface area contributed by atoms with E-state index in [1.165, 1.54) is 21.6 Å². The monoisotopic (exact) mass is 469 g/mol. The van der Waals surface area contributed by atoms with Crippen LogP contribution in [0, 0.1) is 11.3 Å². The van der Waals surface area contributed by atoms with E-state index in [1.54, 1.807) is 23.5 Å². The van der Waals surface area contributed by atoms with Gasteiger partial charge in [-0.3, -0.25) is 0 Å². The molecule has 0 fully saturated rings. The van der Waals surface area contributed by atoms with E-state index in [2.05, 4.69) is 91.0 Å². The summed E-state index contributed by atoms with van der Waals surface area (Å²) in [7, 11) is 0. The molecule has 0 spiro atoms. The highest BCUT2D eigenvalue weighted by atomic mass is 32.2. The molecule has 0 saturated carbocycles. The topological polar surface area (TPSA) is 23.8 Å². The van der Waals surface area contributed by atoms with Crippen LogP contribution in [0.1, 0.15) is 22.3 Å². The summed E-state index contributed by atoms with van der Waals surface area (Å²) in [6.45, 7) is 0. The van der Waals surface area contributed by atoms with Crippen LogP contribution in [0.2, 0.25) is 0 Å². The Kier molecular flexibility index (Phi) is 8.39. The molecular weight excluding hydrogens is 447 g/mol. The van der Waals surface area contributed by atoms with Crippen molar-refractivity contribution < 1.29 is 0 Å². The molecule has 0 aliphatic rings. The van der Waals surface area contributed by atoms with Gasteiger partial charge in [-0.2, -0.15) is 5.26 Å². The number of nitrogens with zero attached hydrogens (tertiary/aromatic N) is 1. The molecule has 0 atom stereocenters. The summed E-state index contributed by atoms with van der Waals surface area (Å²) in [5.74, 6) is 2.62. The first-order chi connectivity index (χ1) is 15.8. The molecule has 0 unspecified atom stereocenters. The molecule has 0 aliphatic heterocycles. The van der Waals surface area contributed by atoms with Gasteiger partial charge in [0, 0.05) is 31.9 Å². The van der Waals surface area contributed by atoms with Crippen LogP contribution in [-0.2, 0) is 17.3 Å². The van der Waals surface area contributed by atoms with Crippen LogP contribution < -0.4 is 0 Å². The van der Waals surface area contributed by atoms with Crippen LogP contribution >= 0.6 is 35.3 Å². The Balaban J connectivity index is 1.58. The summed E-state index contributed by atoms with van der Waals surface area (Å²) in [5.41, 5.74) is 4.62. The maximum atomic E-state index is 10.0. The molecular formula is C28H23NS3. The highest BCUT2D eigenvalue weighted by molar-refractivity contribution is 8.00. The van der Waals surface area contributed by atoms with E-state index in [-0.39, 0.29) is 0 Å². The molecule has 4 rings (SSSR count). The predicted molar refractivity (Wildman–Crippen MR) is 139 cm³/mol. The molecule has 0 N–H and O–H groups in total. The fraction of sp³-hybridized carbons (Fsp3) is 0.107. The number of nitriles is 1. The van der Waals surface area contributed by atoms with E-state index in [4.69, 9.17) is 0 Å². The highest BCUT2D eigenvalue weighted by Gasteiger charge is 2.13. The second-order valence-electron chi connectivity index (χ2n) is 7.23. The first-order valence-electron chi connectivity index (χ1n) is 10.4. The maximum Gasteiger partial charge on any atom is 0.101 e. The summed E-state index contributed by atoms with van der Waals surface area (Å²) in [6, 6.07) is 38.3. The summed E-state index contributed by atoms with van der Waals surface area (Å²) in [4.78, 5) is 3.33. The summed E-state index contributed by atoms with van der Waals surface area (Å²) < 4.78 is 0. The minimum atomic E-state index is 0.788. The van der Waals surface area contributed by atoms with Crippen LogP contribution in [-0.4, -0.2) is 0 Å². The van der Waals surface area contributed by atoms with Gasteiger partial charge in [-0.1, -0.05) is 91.0 Å². The number of thioether (sulfide) groups is 3. The third-order valence-electron chi connectivity index (χ3n) is 4.87. The lowest BCUT2D eigenvalue weighted by Crippen LogP contribution is -1.91. The Morgan fingerprint density at radius 1 is 0.531 bits per heavy atom. The maximum absolute atomic E-state index is 10.0. The highest BCUT2D eigenvalue weighted by Crippen LogP contribution is 2.38. The lowest BCUT2D eigenvalue weighted by atomic mass is 10.2. The van der Waals surface area contributed by atoms with Crippen molar-refractivity contribution in [1.82, 2.24) is 0 Å². The summed E-state index contributed by atoms with van der Waals surface area (Å²) in [5, 5.41) is 10.0. The molecule has 4 aromatic rings. The SMILES string of the molecule is N#Cc1c(SCc2ccccc2)cc(SCc2ccccc2)cc1SCc1ccccc1. The Morgan fingerprint density at radius 3 is 1.28 bits per heavy atom. The molecule has 1 nitrogen and oxygen atoms in total. The smallest absolute Gasteiger partial charge is 0.101 e. The molecule has 0 radical (unpaired) electrons. The molecule has 0 aliphatic carbocycles. The van der Waals surface area contributed by atoms with Crippen LogP contribution in [0.5, 0.6) is 0 Å². The zero-order chi connectivity index (χ0) is 22.0. The average molecular weight is 470 g/mol. The van der Waals surface area contributed by atoms with Crippen molar-refractivity contribution in [3.8, 4) is 6.07 Å². The van der Waals surface area contributed by atoms with Crippen molar-refractivity contribution in [3.05, 3.63) is 125 Å². The van der Waals surface area contributed by atoms with Gasteiger partial charge in [0.2, 0.25) is 0 Å². The zero-order valence-electron chi connectivity index (χ0n) is 17.6. The van der Waals surface area contributed by atoms with Gasteiger partial charge in [-0.25, -0.2) is 0 Å². The van der Waals surface area contributed by atoms with Crippen LogP contribution in [0.4, 0.5) is 0 Å². The van der Waals surface area contributed by atoms with E-state index in [9.17, 15) is 5.26 Å².